The topological polar surface area (TPSA) is 111 Å². The highest BCUT2D eigenvalue weighted by Gasteiger charge is 2.28. The average Bonchev–Trinajstić information content (AvgIpc) is 3.48. The second-order valence-electron chi connectivity index (χ2n) is 9.08. The van der Waals surface area contributed by atoms with Crippen molar-refractivity contribution in [2.45, 2.75) is 57.6 Å². The highest BCUT2D eigenvalue weighted by Crippen LogP contribution is 2.33. The van der Waals surface area contributed by atoms with E-state index in [1.165, 1.54) is 0 Å². The minimum atomic E-state index is -0.421. The summed E-state index contributed by atoms with van der Waals surface area (Å²) in [6, 6.07) is 4.34. The third-order valence-electron chi connectivity index (χ3n) is 6.98. The Balaban J connectivity index is 1.45. The predicted octanol–water partition coefficient (Wildman–Crippen LogP) is 2.77. The quantitative estimate of drug-likeness (QED) is 0.659. The van der Waals surface area contributed by atoms with Crippen molar-refractivity contribution in [2.75, 3.05) is 13.1 Å². The number of carbonyl (C=O) groups is 1. The molecule has 0 aromatic carbocycles. The van der Waals surface area contributed by atoms with Crippen LogP contribution in [-0.2, 0) is 17.8 Å². The number of β-amino-alcohol motifs (C(OH)–C–C–N with tert-alkyl or cyclic N) is 1. The first kappa shape index (κ1) is 20.0. The molecule has 2 aliphatic rings. The van der Waals surface area contributed by atoms with Crippen LogP contribution < -0.4 is 0 Å². The molecule has 1 saturated carbocycles. The number of nitrogens with one attached hydrogen (secondary N) is 1. The van der Waals surface area contributed by atoms with Crippen LogP contribution in [-0.4, -0.2) is 54.6 Å². The zero-order valence-corrected chi connectivity index (χ0v) is 17.6. The molecule has 0 unspecified atom stereocenters. The van der Waals surface area contributed by atoms with E-state index in [1.54, 1.807) is 11.1 Å². The summed E-state index contributed by atoms with van der Waals surface area (Å²) in [6.07, 6.45) is 9.14. The molecule has 2 N–H and O–H groups in total. The molecule has 8 nitrogen and oxygen atoms in total. The van der Waals surface area contributed by atoms with E-state index in [0.717, 1.165) is 60.1 Å². The number of fused-ring (bicyclic) bond motifs is 3. The molecule has 5 rings (SSSR count). The smallest absolute Gasteiger partial charge is 0.230 e. The first-order valence-electron chi connectivity index (χ1n) is 11.3. The summed E-state index contributed by atoms with van der Waals surface area (Å²) in [5.74, 6) is 1.82. The molecular formula is C23H28N6O2. The lowest BCUT2D eigenvalue weighted by Crippen LogP contribution is -2.32. The maximum absolute atomic E-state index is 12.9. The summed E-state index contributed by atoms with van der Waals surface area (Å²) < 4.78 is 2.23. The van der Waals surface area contributed by atoms with Crippen LogP contribution in [0, 0.1) is 23.2 Å². The molecule has 4 heterocycles. The third kappa shape index (κ3) is 3.90. The van der Waals surface area contributed by atoms with Crippen molar-refractivity contribution in [1.29, 1.82) is 5.26 Å². The Hall–Kier alpha value is -2.92. The lowest BCUT2D eigenvalue weighted by Gasteiger charge is -2.28. The van der Waals surface area contributed by atoms with E-state index in [2.05, 4.69) is 20.6 Å². The molecular weight excluding hydrogens is 392 g/mol. The molecule has 3 aromatic rings. The van der Waals surface area contributed by atoms with Gasteiger partial charge in [0.25, 0.3) is 0 Å². The Labute approximate surface area is 180 Å². The Kier molecular flexibility index (Phi) is 5.36. The fourth-order valence-corrected chi connectivity index (χ4v) is 5.23. The maximum Gasteiger partial charge on any atom is 0.230 e. The lowest BCUT2D eigenvalue weighted by molar-refractivity contribution is -0.129. The van der Waals surface area contributed by atoms with E-state index in [9.17, 15) is 9.90 Å². The van der Waals surface area contributed by atoms with Crippen LogP contribution in [0.1, 0.15) is 44.3 Å². The summed E-state index contributed by atoms with van der Waals surface area (Å²) in [5, 5.41) is 19.8. The van der Waals surface area contributed by atoms with Crippen molar-refractivity contribution in [3.05, 3.63) is 24.3 Å². The van der Waals surface area contributed by atoms with E-state index in [0.29, 0.717) is 37.8 Å². The SMILES string of the molecule is N#CCC1CCC(Cn2c(CC(=O)N3CC[C@@H](O)C3)nc3cnc4[nH]ccc4c32)CC1. The fraction of sp³-hybridized carbons (Fsp3) is 0.565. The van der Waals surface area contributed by atoms with E-state index >= 15 is 0 Å². The van der Waals surface area contributed by atoms with Gasteiger partial charge in [0.15, 0.2) is 0 Å². The molecule has 0 spiro atoms. The number of aromatic nitrogens is 4. The maximum atomic E-state index is 12.9. The van der Waals surface area contributed by atoms with Gasteiger partial charge in [-0.15, -0.1) is 0 Å². The molecule has 8 heteroatoms. The van der Waals surface area contributed by atoms with Crippen LogP contribution in [0.2, 0.25) is 0 Å². The van der Waals surface area contributed by atoms with Gasteiger partial charge in [-0.1, -0.05) is 0 Å². The van der Waals surface area contributed by atoms with Gasteiger partial charge in [0.1, 0.15) is 17.0 Å². The number of likely N-dealkylation sites (tertiary alicyclic amines) is 1. The van der Waals surface area contributed by atoms with Crippen LogP contribution in [0.5, 0.6) is 0 Å². The minimum absolute atomic E-state index is 0.0177. The summed E-state index contributed by atoms with van der Waals surface area (Å²) >= 11 is 0. The number of aliphatic hydroxyl groups excluding tert-OH is 1. The van der Waals surface area contributed by atoms with Gasteiger partial charge < -0.3 is 19.6 Å². The van der Waals surface area contributed by atoms with Gasteiger partial charge in [0.2, 0.25) is 5.91 Å². The van der Waals surface area contributed by atoms with Gasteiger partial charge in [-0.3, -0.25) is 4.79 Å². The zero-order valence-electron chi connectivity index (χ0n) is 17.6. The number of carbonyl (C=O) groups excluding carboxylic acids is 1. The van der Waals surface area contributed by atoms with Gasteiger partial charge in [-0.05, 0) is 50.0 Å². The number of imidazole rings is 1. The molecule has 0 radical (unpaired) electrons. The van der Waals surface area contributed by atoms with E-state index < -0.39 is 6.10 Å². The highest BCUT2D eigenvalue weighted by atomic mass is 16.3. The van der Waals surface area contributed by atoms with E-state index in [1.807, 2.05) is 12.3 Å². The van der Waals surface area contributed by atoms with Crippen molar-refractivity contribution in [2.24, 2.45) is 11.8 Å². The predicted molar refractivity (Wildman–Crippen MR) is 116 cm³/mol. The number of nitriles is 1. The molecule has 1 aliphatic heterocycles. The summed E-state index contributed by atoms with van der Waals surface area (Å²) in [4.78, 5) is 27.1. The number of amides is 1. The molecule has 162 valence electrons. The first-order chi connectivity index (χ1) is 15.1. The van der Waals surface area contributed by atoms with Crippen molar-refractivity contribution >= 4 is 28.0 Å². The largest absolute Gasteiger partial charge is 0.391 e. The lowest BCUT2D eigenvalue weighted by atomic mass is 9.80. The Morgan fingerprint density at radius 1 is 1.26 bits per heavy atom. The van der Waals surface area contributed by atoms with Gasteiger partial charge in [0.05, 0.1) is 30.3 Å². The molecule has 1 amide bonds. The number of H-pyrrole nitrogens is 1. The zero-order chi connectivity index (χ0) is 21.4. The van der Waals surface area contributed by atoms with Crippen LogP contribution in [0.25, 0.3) is 22.1 Å². The second-order valence-corrected chi connectivity index (χ2v) is 9.08. The number of pyridine rings is 1. The number of nitrogens with zero attached hydrogens (tertiary/aromatic N) is 5. The van der Waals surface area contributed by atoms with Gasteiger partial charge in [0, 0.05) is 37.6 Å². The number of rotatable bonds is 5. The third-order valence-corrected chi connectivity index (χ3v) is 6.98. The van der Waals surface area contributed by atoms with Crippen LogP contribution in [0.4, 0.5) is 0 Å². The number of hydrogen-bond acceptors (Lipinski definition) is 5. The molecule has 1 atom stereocenters. The van der Waals surface area contributed by atoms with Gasteiger partial charge in [-0.25, -0.2) is 9.97 Å². The molecule has 1 aliphatic carbocycles. The van der Waals surface area contributed by atoms with Gasteiger partial charge >= 0.3 is 0 Å². The van der Waals surface area contributed by atoms with Crippen LogP contribution in [0.3, 0.4) is 0 Å². The van der Waals surface area contributed by atoms with E-state index in [-0.39, 0.29) is 12.3 Å². The fourth-order valence-electron chi connectivity index (χ4n) is 5.23. The van der Waals surface area contributed by atoms with Crippen LogP contribution in [0.15, 0.2) is 18.5 Å². The Morgan fingerprint density at radius 2 is 2.06 bits per heavy atom. The average molecular weight is 421 g/mol. The van der Waals surface area contributed by atoms with E-state index in [4.69, 9.17) is 10.2 Å². The minimum Gasteiger partial charge on any atom is -0.391 e. The Bertz CT molecular complexity index is 1130. The van der Waals surface area contributed by atoms with Crippen molar-refractivity contribution < 1.29 is 9.90 Å². The molecule has 3 aromatic heterocycles. The number of aromatic amines is 1. The van der Waals surface area contributed by atoms with Gasteiger partial charge in [-0.2, -0.15) is 5.26 Å². The van der Waals surface area contributed by atoms with Crippen molar-refractivity contribution in [3.63, 3.8) is 0 Å². The number of aliphatic hydroxyl groups is 1. The highest BCUT2D eigenvalue weighted by molar-refractivity contribution is 6.01. The van der Waals surface area contributed by atoms with Crippen LogP contribution >= 0.6 is 0 Å². The Morgan fingerprint density at radius 3 is 2.81 bits per heavy atom. The monoisotopic (exact) mass is 420 g/mol. The van der Waals surface area contributed by atoms with Crippen molar-refractivity contribution in [3.8, 4) is 6.07 Å². The molecule has 1 saturated heterocycles. The molecule has 0 bridgehead atoms. The first-order valence-corrected chi connectivity index (χ1v) is 11.3. The molecule has 2 fully saturated rings. The number of hydrogen-bond donors (Lipinski definition) is 2. The second kappa shape index (κ2) is 8.31. The standard InChI is InChI=1S/C23H28N6O2/c24-8-5-15-1-3-16(4-2-15)13-29-20(11-21(31)28-10-7-17(30)14-28)27-19-12-26-23-18(22(19)29)6-9-25-23/h6,9,12,15-17,30H,1-5,7,10-11,13-14H2,(H,25,26)/t15?,16?,17-/m1/s1. The normalized spacial score (nSPS) is 24.1. The van der Waals surface area contributed by atoms with Crippen molar-refractivity contribution in [1.82, 2.24) is 24.4 Å². The molecule has 31 heavy (non-hydrogen) atoms. The summed E-state index contributed by atoms with van der Waals surface area (Å²) in [6.45, 7) is 1.84. The summed E-state index contributed by atoms with van der Waals surface area (Å²) in [5.41, 5.74) is 2.68. The summed E-state index contributed by atoms with van der Waals surface area (Å²) in [7, 11) is 0.